The van der Waals surface area contributed by atoms with E-state index >= 15 is 0 Å². The van der Waals surface area contributed by atoms with Gasteiger partial charge in [-0.1, -0.05) is 0 Å². The van der Waals surface area contributed by atoms with Gasteiger partial charge in [0.15, 0.2) is 0 Å². The van der Waals surface area contributed by atoms with Crippen LogP contribution in [0.3, 0.4) is 0 Å². The van der Waals surface area contributed by atoms with Crippen molar-refractivity contribution in [2.24, 2.45) is 0 Å². The van der Waals surface area contributed by atoms with Crippen molar-refractivity contribution in [2.75, 3.05) is 0 Å². The molecule has 0 bridgehead atoms. The van der Waals surface area contributed by atoms with Crippen molar-refractivity contribution in [3.8, 4) is 0 Å². The predicted molar refractivity (Wildman–Crippen MR) is 78.3 cm³/mol. The van der Waals surface area contributed by atoms with Crippen molar-refractivity contribution < 1.29 is 9.72 Å². The number of carbonyl (C=O) groups excluding carboxylic acids is 1. The quantitative estimate of drug-likeness (QED) is 0.643. The van der Waals surface area contributed by atoms with Crippen LogP contribution in [0.1, 0.15) is 43.0 Å². The van der Waals surface area contributed by atoms with E-state index in [2.05, 4.69) is 15.5 Å². The summed E-state index contributed by atoms with van der Waals surface area (Å²) >= 11 is 0. The number of hydrogen-bond acceptors (Lipinski definition) is 5. The Morgan fingerprint density at radius 1 is 1.36 bits per heavy atom. The fraction of sp³-hybridized carbons (Fsp3) is 0.462. The molecule has 0 saturated heterocycles. The van der Waals surface area contributed by atoms with Gasteiger partial charge in [0, 0.05) is 19.3 Å². The van der Waals surface area contributed by atoms with Crippen molar-refractivity contribution in [2.45, 2.75) is 39.9 Å². The van der Waals surface area contributed by atoms with E-state index < -0.39 is 10.8 Å². The van der Waals surface area contributed by atoms with Gasteiger partial charge in [-0.25, -0.2) is 0 Å². The van der Waals surface area contributed by atoms with Gasteiger partial charge < -0.3 is 5.32 Å². The predicted octanol–water partition coefficient (Wildman–Crippen LogP) is 1.52. The fourth-order valence-corrected chi connectivity index (χ4v) is 1.99. The highest BCUT2D eigenvalue weighted by molar-refractivity contribution is 5.96. The summed E-state index contributed by atoms with van der Waals surface area (Å²) in [7, 11) is 0. The van der Waals surface area contributed by atoms with Crippen LogP contribution in [0.25, 0.3) is 0 Å². The summed E-state index contributed by atoms with van der Waals surface area (Å²) < 4.78 is 3.11. The number of nitrogens with zero attached hydrogens (tertiary/aromatic N) is 5. The minimum Gasteiger partial charge on any atom is -0.342 e. The molecular formula is C13H18N6O3. The highest BCUT2D eigenvalue weighted by Gasteiger charge is 2.26. The Hall–Kier alpha value is -2.71. The largest absolute Gasteiger partial charge is 0.342 e. The summed E-state index contributed by atoms with van der Waals surface area (Å²) in [6.07, 6.45) is 3.07. The number of carbonyl (C=O) groups is 1. The molecule has 0 saturated carbocycles. The lowest BCUT2D eigenvalue weighted by Crippen LogP contribution is -2.28. The smallest absolute Gasteiger partial charge is 0.320 e. The lowest BCUT2D eigenvalue weighted by Gasteiger charge is -2.10. The van der Waals surface area contributed by atoms with Gasteiger partial charge in [-0.2, -0.15) is 10.2 Å². The van der Waals surface area contributed by atoms with Crippen LogP contribution in [0, 0.1) is 10.1 Å². The summed E-state index contributed by atoms with van der Waals surface area (Å²) in [4.78, 5) is 22.6. The molecule has 2 aromatic rings. The summed E-state index contributed by atoms with van der Waals surface area (Å²) in [6.45, 7) is 6.69. The molecule has 1 atom stereocenters. The maximum atomic E-state index is 12.2. The molecule has 0 aliphatic heterocycles. The molecule has 0 fully saturated rings. The normalized spacial score (nSPS) is 12.1. The second kappa shape index (κ2) is 6.37. The van der Waals surface area contributed by atoms with Crippen LogP contribution in [0.15, 0.2) is 18.5 Å². The van der Waals surface area contributed by atoms with Crippen LogP contribution in [-0.4, -0.2) is 30.4 Å². The van der Waals surface area contributed by atoms with E-state index in [-0.39, 0.29) is 17.4 Å². The summed E-state index contributed by atoms with van der Waals surface area (Å²) in [5.74, 6) is -0.586. The van der Waals surface area contributed by atoms with Crippen LogP contribution >= 0.6 is 0 Å². The first kappa shape index (κ1) is 15.7. The Morgan fingerprint density at radius 3 is 2.59 bits per heavy atom. The Labute approximate surface area is 127 Å². The molecule has 1 amide bonds. The summed E-state index contributed by atoms with van der Waals surface area (Å²) in [6, 6.07) is 1.43. The zero-order valence-electron chi connectivity index (χ0n) is 12.7. The lowest BCUT2D eigenvalue weighted by molar-refractivity contribution is -0.385. The standard InChI is InChI=1S/C13H18N6O3/c1-4-17-7-6-10(15-17)9(3)14-13(20)12-11(19(21)22)8-18(5-2)16-12/h6-9H,4-5H2,1-3H3,(H,14,20). The monoisotopic (exact) mass is 306 g/mol. The van der Waals surface area contributed by atoms with Gasteiger partial charge in [0.25, 0.3) is 5.91 Å². The van der Waals surface area contributed by atoms with Crippen LogP contribution in [0.4, 0.5) is 5.69 Å². The van der Waals surface area contributed by atoms with Gasteiger partial charge in [-0.15, -0.1) is 0 Å². The first-order valence-corrected chi connectivity index (χ1v) is 7.02. The average Bonchev–Trinajstić information content (AvgIpc) is 3.13. The molecule has 9 heteroatoms. The van der Waals surface area contributed by atoms with Crippen molar-refractivity contribution in [3.63, 3.8) is 0 Å². The van der Waals surface area contributed by atoms with Gasteiger partial charge in [-0.05, 0) is 26.8 Å². The average molecular weight is 306 g/mol. The number of aromatic nitrogens is 4. The van der Waals surface area contributed by atoms with Crippen molar-refractivity contribution in [1.82, 2.24) is 24.9 Å². The van der Waals surface area contributed by atoms with Crippen LogP contribution in [-0.2, 0) is 13.1 Å². The van der Waals surface area contributed by atoms with Gasteiger partial charge >= 0.3 is 5.69 Å². The number of aryl methyl sites for hydroxylation is 2. The number of nitro groups is 1. The Kier molecular flexibility index (Phi) is 4.54. The second-order valence-electron chi connectivity index (χ2n) is 4.77. The molecule has 0 radical (unpaired) electrons. The fourth-order valence-electron chi connectivity index (χ4n) is 1.99. The van der Waals surface area contributed by atoms with Gasteiger partial charge in [0.05, 0.1) is 16.7 Å². The number of hydrogen-bond donors (Lipinski definition) is 1. The third-order valence-electron chi connectivity index (χ3n) is 3.25. The topological polar surface area (TPSA) is 108 Å². The Balaban J connectivity index is 2.18. The van der Waals surface area contributed by atoms with Crippen LogP contribution < -0.4 is 5.32 Å². The SMILES string of the molecule is CCn1ccc(C(C)NC(=O)c2nn(CC)cc2[N+](=O)[O-])n1. The van der Waals surface area contributed by atoms with E-state index in [0.717, 1.165) is 6.54 Å². The third kappa shape index (κ3) is 3.13. The highest BCUT2D eigenvalue weighted by Crippen LogP contribution is 2.18. The molecule has 0 aliphatic carbocycles. The first-order chi connectivity index (χ1) is 10.5. The summed E-state index contributed by atoms with van der Waals surface area (Å²) in [5, 5.41) is 21.9. The van der Waals surface area contributed by atoms with Crippen molar-refractivity contribution in [3.05, 3.63) is 40.0 Å². The molecule has 0 aromatic carbocycles. The zero-order chi connectivity index (χ0) is 16.3. The minimum absolute atomic E-state index is 0.186. The number of amides is 1. The van der Waals surface area contributed by atoms with Gasteiger partial charge in [0.1, 0.15) is 6.20 Å². The maximum Gasteiger partial charge on any atom is 0.320 e. The minimum atomic E-state index is -0.607. The molecule has 2 rings (SSSR count). The Bertz CT molecular complexity index is 690. The summed E-state index contributed by atoms with van der Waals surface area (Å²) in [5.41, 5.74) is 0.201. The molecule has 22 heavy (non-hydrogen) atoms. The third-order valence-corrected chi connectivity index (χ3v) is 3.25. The van der Waals surface area contributed by atoms with Crippen LogP contribution in [0.2, 0.25) is 0 Å². The van der Waals surface area contributed by atoms with E-state index in [0.29, 0.717) is 12.2 Å². The van der Waals surface area contributed by atoms with Crippen LogP contribution in [0.5, 0.6) is 0 Å². The Morgan fingerprint density at radius 2 is 2.05 bits per heavy atom. The van der Waals surface area contributed by atoms with E-state index in [9.17, 15) is 14.9 Å². The van der Waals surface area contributed by atoms with E-state index in [4.69, 9.17) is 0 Å². The number of nitrogens with one attached hydrogen (secondary N) is 1. The molecule has 1 N–H and O–H groups in total. The van der Waals surface area contributed by atoms with E-state index in [1.54, 1.807) is 24.6 Å². The van der Waals surface area contributed by atoms with Crippen molar-refractivity contribution in [1.29, 1.82) is 0 Å². The van der Waals surface area contributed by atoms with E-state index in [1.807, 2.05) is 13.1 Å². The number of rotatable bonds is 6. The second-order valence-corrected chi connectivity index (χ2v) is 4.77. The highest BCUT2D eigenvalue weighted by atomic mass is 16.6. The molecular weight excluding hydrogens is 288 g/mol. The van der Waals surface area contributed by atoms with E-state index in [1.165, 1.54) is 10.9 Å². The molecule has 0 aliphatic rings. The van der Waals surface area contributed by atoms with Crippen molar-refractivity contribution >= 4 is 11.6 Å². The zero-order valence-corrected chi connectivity index (χ0v) is 12.7. The lowest BCUT2D eigenvalue weighted by atomic mass is 10.2. The molecule has 1 unspecified atom stereocenters. The molecule has 2 heterocycles. The van der Waals surface area contributed by atoms with Gasteiger partial charge in [-0.3, -0.25) is 24.3 Å². The van der Waals surface area contributed by atoms with Gasteiger partial charge in [0.2, 0.25) is 5.69 Å². The first-order valence-electron chi connectivity index (χ1n) is 7.02. The molecule has 0 spiro atoms. The molecule has 2 aromatic heterocycles. The molecule has 9 nitrogen and oxygen atoms in total. The molecule has 118 valence electrons. The maximum absolute atomic E-state index is 12.2.